The van der Waals surface area contributed by atoms with Gasteiger partial charge in [0.15, 0.2) is 0 Å². The molecule has 1 nitrogen and oxygen atoms in total. The number of pyridine rings is 1. The van der Waals surface area contributed by atoms with Crippen molar-refractivity contribution in [3.63, 3.8) is 0 Å². The molecule has 0 atom stereocenters. The highest BCUT2D eigenvalue weighted by Gasteiger charge is 1.87. The van der Waals surface area contributed by atoms with Crippen molar-refractivity contribution in [3.8, 4) is 0 Å². The van der Waals surface area contributed by atoms with Crippen LogP contribution < -0.4 is 0 Å². The fourth-order valence-corrected chi connectivity index (χ4v) is 0.899. The van der Waals surface area contributed by atoms with E-state index in [1.165, 1.54) is 5.56 Å². The Balaban J connectivity index is 2.94. The summed E-state index contributed by atoms with van der Waals surface area (Å²) < 4.78 is 0. The fourth-order valence-electron chi connectivity index (χ4n) is 0.703. The first-order valence-electron chi connectivity index (χ1n) is 2.85. The predicted molar refractivity (Wildman–Crippen MR) is 41.7 cm³/mol. The molecule has 0 unspecified atom stereocenters. The molecule has 1 aromatic heterocycles. The SMILES string of the molecule is Cc1cc(CS)ccn1. The van der Waals surface area contributed by atoms with Crippen LogP contribution in [0.5, 0.6) is 0 Å². The maximum Gasteiger partial charge on any atom is 0.0375 e. The smallest absolute Gasteiger partial charge is 0.0375 e. The largest absolute Gasteiger partial charge is 0.262 e. The van der Waals surface area contributed by atoms with Crippen LogP contribution in [0.1, 0.15) is 11.3 Å². The average molecular weight is 139 g/mol. The van der Waals surface area contributed by atoms with E-state index >= 15 is 0 Å². The minimum Gasteiger partial charge on any atom is -0.262 e. The van der Waals surface area contributed by atoms with Crippen LogP contribution in [-0.2, 0) is 5.75 Å². The van der Waals surface area contributed by atoms with Crippen molar-refractivity contribution in [2.24, 2.45) is 0 Å². The van der Waals surface area contributed by atoms with Gasteiger partial charge in [0, 0.05) is 17.6 Å². The van der Waals surface area contributed by atoms with Crippen molar-refractivity contribution < 1.29 is 0 Å². The number of rotatable bonds is 1. The van der Waals surface area contributed by atoms with Crippen LogP contribution in [-0.4, -0.2) is 4.98 Å². The zero-order valence-corrected chi connectivity index (χ0v) is 6.23. The normalized spacial score (nSPS) is 9.56. The van der Waals surface area contributed by atoms with Crippen LogP contribution in [0.4, 0.5) is 0 Å². The number of thiol groups is 1. The number of nitrogens with zero attached hydrogens (tertiary/aromatic N) is 1. The molecular weight excluding hydrogens is 130 g/mol. The van der Waals surface area contributed by atoms with E-state index < -0.39 is 0 Å². The summed E-state index contributed by atoms with van der Waals surface area (Å²) in [5.74, 6) is 0.795. The van der Waals surface area contributed by atoms with Gasteiger partial charge in [0.05, 0.1) is 0 Å². The summed E-state index contributed by atoms with van der Waals surface area (Å²) in [6.07, 6.45) is 1.81. The minimum absolute atomic E-state index is 0.795. The molecule has 0 aromatic carbocycles. The first-order valence-corrected chi connectivity index (χ1v) is 3.48. The Morgan fingerprint density at radius 2 is 2.44 bits per heavy atom. The first kappa shape index (κ1) is 6.62. The van der Waals surface area contributed by atoms with E-state index in [0.717, 1.165) is 11.4 Å². The van der Waals surface area contributed by atoms with Crippen molar-refractivity contribution in [3.05, 3.63) is 29.6 Å². The van der Waals surface area contributed by atoms with E-state index in [9.17, 15) is 0 Å². The highest BCUT2D eigenvalue weighted by Crippen LogP contribution is 2.02. The van der Waals surface area contributed by atoms with E-state index in [1.54, 1.807) is 6.20 Å². The molecule has 1 aromatic rings. The minimum atomic E-state index is 0.795. The number of aryl methyl sites for hydroxylation is 1. The second-order valence-electron chi connectivity index (χ2n) is 1.96. The van der Waals surface area contributed by atoms with Crippen molar-refractivity contribution in [1.82, 2.24) is 4.98 Å². The zero-order chi connectivity index (χ0) is 6.69. The van der Waals surface area contributed by atoms with Crippen LogP contribution in [0.2, 0.25) is 0 Å². The standard InChI is InChI=1S/C7H9NS/c1-6-4-7(5-9)2-3-8-6/h2-4,9H,5H2,1H3. The van der Waals surface area contributed by atoms with Gasteiger partial charge in [0.1, 0.15) is 0 Å². The predicted octanol–water partition coefficient (Wildman–Crippen LogP) is 1.82. The lowest BCUT2D eigenvalue weighted by Gasteiger charge is -1.94. The van der Waals surface area contributed by atoms with E-state index in [4.69, 9.17) is 0 Å². The molecule has 1 rings (SSSR count). The van der Waals surface area contributed by atoms with Gasteiger partial charge in [-0.1, -0.05) is 0 Å². The van der Waals surface area contributed by atoms with Gasteiger partial charge in [-0.15, -0.1) is 0 Å². The summed E-state index contributed by atoms with van der Waals surface area (Å²) in [4.78, 5) is 4.05. The monoisotopic (exact) mass is 139 g/mol. The van der Waals surface area contributed by atoms with Gasteiger partial charge in [0.25, 0.3) is 0 Å². The Labute approximate surface area is 60.5 Å². The molecule has 2 heteroatoms. The number of hydrogen-bond donors (Lipinski definition) is 1. The molecule has 0 aliphatic carbocycles. The fraction of sp³-hybridized carbons (Fsp3) is 0.286. The third kappa shape index (κ3) is 1.72. The highest BCUT2D eigenvalue weighted by molar-refractivity contribution is 7.79. The van der Waals surface area contributed by atoms with Gasteiger partial charge in [-0.2, -0.15) is 12.6 Å². The van der Waals surface area contributed by atoms with Crippen molar-refractivity contribution >= 4 is 12.6 Å². The molecular formula is C7H9NS. The summed E-state index contributed by atoms with van der Waals surface area (Å²) in [7, 11) is 0. The molecule has 0 bridgehead atoms. The molecule has 0 N–H and O–H groups in total. The first-order chi connectivity index (χ1) is 4.33. The molecule has 0 saturated heterocycles. The second-order valence-corrected chi connectivity index (χ2v) is 2.28. The van der Waals surface area contributed by atoms with Crippen LogP contribution in [0.15, 0.2) is 18.3 Å². The van der Waals surface area contributed by atoms with Crippen LogP contribution >= 0.6 is 12.6 Å². The molecule has 1 heterocycles. The van der Waals surface area contributed by atoms with E-state index in [2.05, 4.69) is 17.6 Å². The summed E-state index contributed by atoms with van der Waals surface area (Å²) >= 11 is 4.13. The van der Waals surface area contributed by atoms with Crippen LogP contribution in [0, 0.1) is 6.92 Å². The molecule has 0 saturated carbocycles. The second kappa shape index (κ2) is 2.87. The molecule has 9 heavy (non-hydrogen) atoms. The Morgan fingerprint density at radius 3 is 2.89 bits per heavy atom. The quantitative estimate of drug-likeness (QED) is 0.585. The number of hydrogen-bond acceptors (Lipinski definition) is 2. The lowest BCUT2D eigenvalue weighted by Crippen LogP contribution is -1.82. The van der Waals surface area contributed by atoms with Crippen molar-refractivity contribution in [1.29, 1.82) is 0 Å². The summed E-state index contributed by atoms with van der Waals surface area (Å²) in [5, 5.41) is 0. The lowest BCUT2D eigenvalue weighted by molar-refractivity contribution is 1.17. The molecule has 48 valence electrons. The van der Waals surface area contributed by atoms with E-state index in [0.29, 0.717) is 0 Å². The van der Waals surface area contributed by atoms with Gasteiger partial charge >= 0.3 is 0 Å². The van der Waals surface area contributed by atoms with Crippen molar-refractivity contribution in [2.45, 2.75) is 12.7 Å². The molecule has 0 radical (unpaired) electrons. The maximum absolute atomic E-state index is 4.13. The molecule has 0 amide bonds. The topological polar surface area (TPSA) is 12.9 Å². The summed E-state index contributed by atoms with van der Waals surface area (Å²) in [5.41, 5.74) is 2.28. The van der Waals surface area contributed by atoms with Gasteiger partial charge in [-0.25, -0.2) is 0 Å². The van der Waals surface area contributed by atoms with Crippen molar-refractivity contribution in [2.75, 3.05) is 0 Å². The average Bonchev–Trinajstić information content (AvgIpc) is 1.88. The van der Waals surface area contributed by atoms with Gasteiger partial charge in [-0.3, -0.25) is 4.98 Å². The van der Waals surface area contributed by atoms with Gasteiger partial charge < -0.3 is 0 Å². The van der Waals surface area contributed by atoms with E-state index in [-0.39, 0.29) is 0 Å². The summed E-state index contributed by atoms with van der Waals surface area (Å²) in [6, 6.07) is 4.01. The molecule has 0 fully saturated rings. The molecule has 0 aliphatic rings. The van der Waals surface area contributed by atoms with Crippen LogP contribution in [0.3, 0.4) is 0 Å². The summed E-state index contributed by atoms with van der Waals surface area (Å²) in [6.45, 7) is 1.98. The third-order valence-corrected chi connectivity index (χ3v) is 1.51. The maximum atomic E-state index is 4.13. The lowest BCUT2D eigenvalue weighted by atomic mass is 10.2. The van der Waals surface area contributed by atoms with E-state index in [1.807, 2.05) is 19.1 Å². The van der Waals surface area contributed by atoms with Gasteiger partial charge in [0.2, 0.25) is 0 Å². The van der Waals surface area contributed by atoms with Gasteiger partial charge in [-0.05, 0) is 24.6 Å². The Morgan fingerprint density at radius 1 is 1.67 bits per heavy atom. The Kier molecular flexibility index (Phi) is 2.11. The molecule has 0 spiro atoms. The third-order valence-electron chi connectivity index (χ3n) is 1.14. The Bertz CT molecular complexity index is 198. The molecule has 0 aliphatic heterocycles. The Hall–Kier alpha value is -0.500. The highest BCUT2D eigenvalue weighted by atomic mass is 32.1. The number of aromatic nitrogens is 1. The van der Waals surface area contributed by atoms with Crippen LogP contribution in [0.25, 0.3) is 0 Å². The zero-order valence-electron chi connectivity index (χ0n) is 5.33.